The Hall–Kier alpha value is -1.80. The third kappa shape index (κ3) is 1.39. The first-order valence-electron chi connectivity index (χ1n) is 4.85. The Bertz CT molecular complexity index is 472. The number of ether oxygens (including phenoxy) is 1. The highest BCUT2D eigenvalue weighted by Gasteiger charge is 2.38. The second-order valence-electron chi connectivity index (χ2n) is 3.74. The highest BCUT2D eigenvalue weighted by atomic mass is 16.5. The van der Waals surface area contributed by atoms with Crippen LogP contribution in [0, 0.1) is 0 Å². The van der Waals surface area contributed by atoms with E-state index < -0.39 is 5.54 Å². The van der Waals surface area contributed by atoms with Gasteiger partial charge in [0.05, 0.1) is 12.8 Å². The molecule has 3 rings (SSSR count). The number of H-pyrrole nitrogens is 1. The van der Waals surface area contributed by atoms with Crippen LogP contribution in [0.4, 0.5) is 0 Å². The van der Waals surface area contributed by atoms with E-state index in [1.807, 2.05) is 0 Å². The Balaban J connectivity index is 1.93. The standard InChI is InChI=1S/C8H10N6O2/c9-8(1-2-15-4-8)7-11-6(13-16-7)5-3-10-14-12-5/h3H,1-2,4,9H2,(H,10,12,14). The number of nitrogens with zero attached hydrogens (tertiary/aromatic N) is 4. The van der Waals surface area contributed by atoms with E-state index in [-0.39, 0.29) is 0 Å². The number of nitrogens with two attached hydrogens (primary N) is 1. The quantitative estimate of drug-likeness (QED) is 0.698. The Morgan fingerprint density at radius 1 is 1.50 bits per heavy atom. The molecule has 0 amide bonds. The Kier molecular flexibility index (Phi) is 1.98. The van der Waals surface area contributed by atoms with E-state index in [4.69, 9.17) is 15.0 Å². The first-order valence-corrected chi connectivity index (χ1v) is 4.85. The van der Waals surface area contributed by atoms with E-state index in [2.05, 4.69) is 25.6 Å². The van der Waals surface area contributed by atoms with Crippen LogP contribution in [0.3, 0.4) is 0 Å². The average Bonchev–Trinajstić information content (AvgIpc) is 2.98. The van der Waals surface area contributed by atoms with Crippen LogP contribution in [-0.4, -0.2) is 38.8 Å². The summed E-state index contributed by atoms with van der Waals surface area (Å²) in [5.41, 5.74) is 5.94. The molecule has 2 aromatic rings. The molecule has 84 valence electrons. The molecule has 1 aliphatic rings. The lowest BCUT2D eigenvalue weighted by Crippen LogP contribution is -2.37. The summed E-state index contributed by atoms with van der Waals surface area (Å²) in [6.07, 6.45) is 2.19. The lowest BCUT2D eigenvalue weighted by molar-refractivity contribution is 0.166. The first kappa shape index (κ1) is 9.43. The van der Waals surface area contributed by atoms with Crippen LogP contribution in [0.15, 0.2) is 10.7 Å². The van der Waals surface area contributed by atoms with Gasteiger partial charge in [0.1, 0.15) is 5.54 Å². The molecule has 0 bridgehead atoms. The zero-order chi connectivity index (χ0) is 11.0. The third-order valence-corrected chi connectivity index (χ3v) is 2.55. The monoisotopic (exact) mass is 222 g/mol. The van der Waals surface area contributed by atoms with Gasteiger partial charge in [-0.05, 0) is 6.42 Å². The second kappa shape index (κ2) is 3.35. The van der Waals surface area contributed by atoms with Gasteiger partial charge in [-0.1, -0.05) is 5.16 Å². The Labute approximate surface area is 90.2 Å². The Morgan fingerprint density at radius 3 is 3.12 bits per heavy atom. The SMILES string of the molecule is NC1(c2nc(-c3cn[nH]n3)no2)CCOC1. The molecule has 1 atom stereocenters. The molecule has 16 heavy (non-hydrogen) atoms. The van der Waals surface area contributed by atoms with Crippen molar-refractivity contribution in [2.45, 2.75) is 12.0 Å². The molecule has 0 aliphatic carbocycles. The molecule has 3 N–H and O–H groups in total. The van der Waals surface area contributed by atoms with Gasteiger partial charge in [0.15, 0.2) is 5.69 Å². The van der Waals surface area contributed by atoms with Crippen LogP contribution in [0.25, 0.3) is 11.5 Å². The maximum Gasteiger partial charge on any atom is 0.249 e. The highest BCUT2D eigenvalue weighted by Crippen LogP contribution is 2.27. The maximum atomic E-state index is 6.08. The summed E-state index contributed by atoms with van der Waals surface area (Å²) in [5.74, 6) is 0.753. The fourth-order valence-electron chi connectivity index (χ4n) is 1.59. The predicted molar refractivity (Wildman–Crippen MR) is 51.0 cm³/mol. The predicted octanol–water partition coefficient (Wildman–Crippen LogP) is -0.571. The summed E-state index contributed by atoms with van der Waals surface area (Å²) in [6.45, 7) is 1.01. The molecule has 1 aliphatic heterocycles. The second-order valence-corrected chi connectivity index (χ2v) is 3.74. The zero-order valence-electron chi connectivity index (χ0n) is 8.38. The van der Waals surface area contributed by atoms with Crippen molar-refractivity contribution < 1.29 is 9.26 Å². The summed E-state index contributed by atoms with van der Waals surface area (Å²) in [5, 5.41) is 13.8. The van der Waals surface area contributed by atoms with E-state index in [0.29, 0.717) is 37.0 Å². The normalized spacial score (nSPS) is 25.1. The van der Waals surface area contributed by atoms with Crippen molar-refractivity contribution in [2.24, 2.45) is 5.73 Å². The van der Waals surface area contributed by atoms with Crippen molar-refractivity contribution in [3.63, 3.8) is 0 Å². The van der Waals surface area contributed by atoms with Gasteiger partial charge in [0.25, 0.3) is 0 Å². The van der Waals surface area contributed by atoms with Crippen molar-refractivity contribution in [1.29, 1.82) is 0 Å². The van der Waals surface area contributed by atoms with Crippen LogP contribution in [0.5, 0.6) is 0 Å². The summed E-state index contributed by atoms with van der Waals surface area (Å²) in [6, 6.07) is 0. The van der Waals surface area contributed by atoms with Gasteiger partial charge in [-0.25, -0.2) is 0 Å². The van der Waals surface area contributed by atoms with E-state index in [1.54, 1.807) is 0 Å². The molecular weight excluding hydrogens is 212 g/mol. The largest absolute Gasteiger partial charge is 0.379 e. The van der Waals surface area contributed by atoms with Gasteiger partial charge < -0.3 is 15.0 Å². The molecule has 0 saturated carbocycles. The lowest BCUT2D eigenvalue weighted by atomic mass is 10.0. The first-order chi connectivity index (χ1) is 7.78. The number of hydrogen-bond donors (Lipinski definition) is 2. The van der Waals surface area contributed by atoms with Crippen molar-refractivity contribution in [1.82, 2.24) is 25.6 Å². The fourth-order valence-corrected chi connectivity index (χ4v) is 1.59. The number of nitrogens with one attached hydrogen (secondary N) is 1. The van der Waals surface area contributed by atoms with Gasteiger partial charge in [-0.15, -0.1) is 0 Å². The molecule has 1 fully saturated rings. The van der Waals surface area contributed by atoms with E-state index in [1.165, 1.54) is 6.20 Å². The summed E-state index contributed by atoms with van der Waals surface area (Å²) in [7, 11) is 0. The zero-order valence-corrected chi connectivity index (χ0v) is 8.38. The molecular formula is C8H10N6O2. The fraction of sp³-hybridized carbons (Fsp3) is 0.500. The number of aromatic amines is 1. The number of hydrogen-bond acceptors (Lipinski definition) is 7. The van der Waals surface area contributed by atoms with E-state index in [0.717, 1.165) is 0 Å². The summed E-state index contributed by atoms with van der Waals surface area (Å²) in [4.78, 5) is 4.20. The molecule has 0 radical (unpaired) electrons. The highest BCUT2D eigenvalue weighted by molar-refractivity contribution is 5.45. The van der Waals surface area contributed by atoms with Crippen LogP contribution in [-0.2, 0) is 10.3 Å². The smallest absolute Gasteiger partial charge is 0.249 e. The van der Waals surface area contributed by atoms with Crippen molar-refractivity contribution >= 4 is 0 Å². The van der Waals surface area contributed by atoms with Crippen LogP contribution < -0.4 is 5.73 Å². The van der Waals surface area contributed by atoms with Crippen LogP contribution in [0.1, 0.15) is 12.3 Å². The Morgan fingerprint density at radius 2 is 2.44 bits per heavy atom. The topological polar surface area (TPSA) is 116 Å². The number of rotatable bonds is 2. The van der Waals surface area contributed by atoms with Gasteiger partial charge in [0, 0.05) is 6.61 Å². The van der Waals surface area contributed by atoms with Crippen molar-refractivity contribution in [3.05, 3.63) is 12.1 Å². The minimum Gasteiger partial charge on any atom is -0.379 e. The average molecular weight is 222 g/mol. The maximum absolute atomic E-state index is 6.08. The van der Waals surface area contributed by atoms with Gasteiger partial charge in [0.2, 0.25) is 11.7 Å². The molecule has 3 heterocycles. The van der Waals surface area contributed by atoms with Crippen LogP contribution in [0.2, 0.25) is 0 Å². The van der Waals surface area contributed by atoms with E-state index in [9.17, 15) is 0 Å². The van der Waals surface area contributed by atoms with E-state index >= 15 is 0 Å². The molecule has 1 unspecified atom stereocenters. The molecule has 8 nitrogen and oxygen atoms in total. The molecule has 2 aromatic heterocycles. The van der Waals surface area contributed by atoms with Crippen molar-refractivity contribution in [2.75, 3.05) is 13.2 Å². The molecule has 1 saturated heterocycles. The van der Waals surface area contributed by atoms with Gasteiger partial charge >= 0.3 is 0 Å². The summed E-state index contributed by atoms with van der Waals surface area (Å²) >= 11 is 0. The van der Waals surface area contributed by atoms with Gasteiger partial charge in [-0.3, -0.25) is 0 Å². The summed E-state index contributed by atoms with van der Waals surface area (Å²) < 4.78 is 10.4. The third-order valence-electron chi connectivity index (χ3n) is 2.55. The van der Waals surface area contributed by atoms with Crippen molar-refractivity contribution in [3.8, 4) is 11.5 Å². The van der Waals surface area contributed by atoms with Gasteiger partial charge in [-0.2, -0.15) is 20.4 Å². The lowest BCUT2D eigenvalue weighted by Gasteiger charge is -2.14. The van der Waals surface area contributed by atoms with Crippen LogP contribution >= 0.6 is 0 Å². The molecule has 0 spiro atoms. The minimum absolute atomic E-state index is 0.375. The molecule has 8 heteroatoms. The minimum atomic E-state index is -0.672. The molecule has 0 aromatic carbocycles. The number of aromatic nitrogens is 5.